The fourth-order valence-corrected chi connectivity index (χ4v) is 2.58. The van der Waals surface area contributed by atoms with Crippen LogP contribution in [0, 0.1) is 0 Å². The van der Waals surface area contributed by atoms with Crippen LogP contribution >= 0.6 is 11.8 Å². The molecule has 0 spiro atoms. The molecule has 0 aliphatic carbocycles. The van der Waals surface area contributed by atoms with Crippen LogP contribution in [0.4, 0.5) is 10.5 Å². The Morgan fingerprint density at radius 2 is 2.26 bits per heavy atom. The van der Waals surface area contributed by atoms with Gasteiger partial charge in [0.1, 0.15) is 6.04 Å². The summed E-state index contributed by atoms with van der Waals surface area (Å²) < 4.78 is 0. The standard InChI is InChI=1S/C13H17N3O2S/c1-2-14-7-9-5-3-4-6-10(9)15-12(17)11-8-19-13(18)16-11/h3-6,11,14H,2,7-8H2,1H3,(H,15,17)(H,16,18)/t11-/m0/s1. The molecule has 0 saturated carbocycles. The summed E-state index contributed by atoms with van der Waals surface area (Å²) in [7, 11) is 0. The summed E-state index contributed by atoms with van der Waals surface area (Å²) in [5.41, 5.74) is 1.83. The van der Waals surface area contributed by atoms with E-state index in [1.165, 1.54) is 0 Å². The third-order valence-corrected chi connectivity index (χ3v) is 3.71. The number of hydrogen-bond acceptors (Lipinski definition) is 4. The van der Waals surface area contributed by atoms with Crippen molar-refractivity contribution in [1.29, 1.82) is 0 Å². The lowest BCUT2D eigenvalue weighted by Gasteiger charge is -2.14. The molecular weight excluding hydrogens is 262 g/mol. The predicted octanol–water partition coefficient (Wildman–Crippen LogP) is 1.56. The molecule has 6 heteroatoms. The summed E-state index contributed by atoms with van der Waals surface area (Å²) in [5, 5.41) is 8.60. The van der Waals surface area contributed by atoms with Crippen LogP contribution in [0.5, 0.6) is 0 Å². The molecule has 1 aromatic rings. The van der Waals surface area contributed by atoms with Crippen molar-refractivity contribution in [3.63, 3.8) is 0 Å². The molecule has 0 unspecified atom stereocenters. The topological polar surface area (TPSA) is 70.2 Å². The maximum absolute atomic E-state index is 12.0. The molecule has 0 radical (unpaired) electrons. The van der Waals surface area contributed by atoms with Gasteiger partial charge in [0, 0.05) is 18.0 Å². The molecule has 0 aromatic heterocycles. The molecule has 1 heterocycles. The van der Waals surface area contributed by atoms with Gasteiger partial charge in [0.2, 0.25) is 5.91 Å². The molecule has 1 fully saturated rings. The number of rotatable bonds is 5. The molecule has 1 atom stereocenters. The zero-order valence-corrected chi connectivity index (χ0v) is 11.5. The quantitative estimate of drug-likeness (QED) is 0.765. The van der Waals surface area contributed by atoms with Crippen molar-refractivity contribution in [2.24, 2.45) is 0 Å². The second kappa shape index (κ2) is 6.58. The first-order valence-electron chi connectivity index (χ1n) is 6.23. The molecule has 1 saturated heterocycles. The summed E-state index contributed by atoms with van der Waals surface area (Å²) in [5.74, 6) is 0.322. The second-order valence-electron chi connectivity index (χ2n) is 4.22. The van der Waals surface area contributed by atoms with Crippen LogP contribution in [0.1, 0.15) is 12.5 Å². The van der Waals surface area contributed by atoms with Crippen LogP contribution < -0.4 is 16.0 Å². The molecule has 102 valence electrons. The second-order valence-corrected chi connectivity index (χ2v) is 5.21. The number of thioether (sulfide) groups is 1. The van der Waals surface area contributed by atoms with Crippen LogP contribution in [0.2, 0.25) is 0 Å². The normalized spacial score (nSPS) is 18.2. The minimum absolute atomic E-state index is 0.138. The maximum atomic E-state index is 12.0. The van der Waals surface area contributed by atoms with Crippen LogP contribution in [0.3, 0.4) is 0 Å². The zero-order valence-electron chi connectivity index (χ0n) is 10.7. The van der Waals surface area contributed by atoms with Gasteiger partial charge in [0.25, 0.3) is 5.24 Å². The fourth-order valence-electron chi connectivity index (χ4n) is 1.80. The highest BCUT2D eigenvalue weighted by molar-refractivity contribution is 8.14. The van der Waals surface area contributed by atoms with Gasteiger partial charge in [-0.25, -0.2) is 0 Å². The van der Waals surface area contributed by atoms with Crippen LogP contribution in [0.25, 0.3) is 0 Å². The third-order valence-electron chi connectivity index (χ3n) is 2.83. The Labute approximate surface area is 116 Å². The van der Waals surface area contributed by atoms with Crippen molar-refractivity contribution in [1.82, 2.24) is 10.6 Å². The van der Waals surface area contributed by atoms with E-state index in [1.54, 1.807) is 0 Å². The molecule has 19 heavy (non-hydrogen) atoms. The number of carbonyl (C=O) groups is 2. The van der Waals surface area contributed by atoms with E-state index in [1.807, 2.05) is 31.2 Å². The van der Waals surface area contributed by atoms with E-state index in [-0.39, 0.29) is 11.1 Å². The Kier molecular flexibility index (Phi) is 4.81. The van der Waals surface area contributed by atoms with E-state index in [0.29, 0.717) is 12.3 Å². The van der Waals surface area contributed by atoms with Gasteiger partial charge < -0.3 is 16.0 Å². The van der Waals surface area contributed by atoms with E-state index in [0.717, 1.165) is 29.6 Å². The average molecular weight is 279 g/mol. The fraction of sp³-hybridized carbons (Fsp3) is 0.385. The van der Waals surface area contributed by atoms with Crippen molar-refractivity contribution < 1.29 is 9.59 Å². The number of benzene rings is 1. The number of anilines is 1. The van der Waals surface area contributed by atoms with Crippen molar-refractivity contribution >= 4 is 28.6 Å². The summed E-state index contributed by atoms with van der Waals surface area (Å²) in [6.07, 6.45) is 0. The molecule has 1 aliphatic heterocycles. The minimum atomic E-state index is -0.440. The molecule has 1 aliphatic rings. The molecular formula is C13H17N3O2S. The van der Waals surface area contributed by atoms with E-state index in [9.17, 15) is 9.59 Å². The van der Waals surface area contributed by atoms with Gasteiger partial charge >= 0.3 is 0 Å². The smallest absolute Gasteiger partial charge is 0.279 e. The minimum Gasteiger partial charge on any atom is -0.334 e. The lowest BCUT2D eigenvalue weighted by Crippen LogP contribution is -2.38. The van der Waals surface area contributed by atoms with Gasteiger partial charge in [0.05, 0.1) is 0 Å². The highest BCUT2D eigenvalue weighted by Crippen LogP contribution is 2.18. The Morgan fingerprint density at radius 1 is 1.47 bits per heavy atom. The van der Waals surface area contributed by atoms with E-state index in [4.69, 9.17) is 0 Å². The van der Waals surface area contributed by atoms with Crippen LogP contribution in [-0.4, -0.2) is 29.5 Å². The maximum Gasteiger partial charge on any atom is 0.279 e. The van der Waals surface area contributed by atoms with Gasteiger partial charge in [0.15, 0.2) is 0 Å². The van der Waals surface area contributed by atoms with Gasteiger partial charge in [-0.15, -0.1) is 0 Å². The Bertz CT molecular complexity index is 479. The monoisotopic (exact) mass is 279 g/mol. The lowest BCUT2D eigenvalue weighted by atomic mass is 10.1. The number of carbonyl (C=O) groups excluding carboxylic acids is 2. The highest BCUT2D eigenvalue weighted by Gasteiger charge is 2.28. The summed E-state index contributed by atoms with van der Waals surface area (Å²) in [6, 6.07) is 7.22. The van der Waals surface area contributed by atoms with Crippen LogP contribution in [-0.2, 0) is 11.3 Å². The summed E-state index contributed by atoms with van der Waals surface area (Å²) >= 11 is 1.14. The van der Waals surface area contributed by atoms with Gasteiger partial charge in [-0.1, -0.05) is 36.9 Å². The lowest BCUT2D eigenvalue weighted by molar-refractivity contribution is -0.117. The number of hydrogen-bond donors (Lipinski definition) is 3. The molecule has 5 nitrogen and oxygen atoms in total. The third kappa shape index (κ3) is 3.71. The van der Waals surface area contributed by atoms with Crippen molar-refractivity contribution in [2.75, 3.05) is 17.6 Å². The zero-order chi connectivity index (χ0) is 13.7. The van der Waals surface area contributed by atoms with Crippen molar-refractivity contribution in [3.05, 3.63) is 29.8 Å². The van der Waals surface area contributed by atoms with Gasteiger partial charge in [-0.05, 0) is 18.2 Å². The molecule has 3 N–H and O–H groups in total. The first-order valence-corrected chi connectivity index (χ1v) is 7.22. The first kappa shape index (κ1) is 13.9. The number of amides is 2. The number of para-hydroxylation sites is 1. The van der Waals surface area contributed by atoms with E-state index < -0.39 is 6.04 Å². The number of nitrogens with one attached hydrogen (secondary N) is 3. The molecule has 2 amide bonds. The Balaban J connectivity index is 2.01. The first-order chi connectivity index (χ1) is 9.20. The van der Waals surface area contributed by atoms with Gasteiger partial charge in [-0.2, -0.15) is 0 Å². The highest BCUT2D eigenvalue weighted by atomic mass is 32.2. The Morgan fingerprint density at radius 3 is 2.95 bits per heavy atom. The average Bonchev–Trinajstić information content (AvgIpc) is 2.84. The summed E-state index contributed by atoms with van der Waals surface area (Å²) in [4.78, 5) is 23.1. The van der Waals surface area contributed by atoms with E-state index in [2.05, 4.69) is 16.0 Å². The molecule has 1 aromatic carbocycles. The van der Waals surface area contributed by atoms with Crippen molar-refractivity contribution in [2.45, 2.75) is 19.5 Å². The molecule has 0 bridgehead atoms. The Hall–Kier alpha value is -1.53. The van der Waals surface area contributed by atoms with Crippen LogP contribution in [0.15, 0.2) is 24.3 Å². The largest absolute Gasteiger partial charge is 0.334 e. The SMILES string of the molecule is CCNCc1ccccc1NC(=O)[C@@H]1CSC(=O)N1. The predicted molar refractivity (Wildman–Crippen MR) is 77.2 cm³/mol. The van der Waals surface area contributed by atoms with Crippen molar-refractivity contribution in [3.8, 4) is 0 Å². The molecule has 2 rings (SSSR count). The van der Waals surface area contributed by atoms with E-state index >= 15 is 0 Å². The summed E-state index contributed by atoms with van der Waals surface area (Å²) in [6.45, 7) is 3.61. The van der Waals surface area contributed by atoms with Gasteiger partial charge in [-0.3, -0.25) is 9.59 Å².